The van der Waals surface area contributed by atoms with E-state index in [0.29, 0.717) is 0 Å². The van der Waals surface area contributed by atoms with Gasteiger partial charge in [0.2, 0.25) is 0 Å². The van der Waals surface area contributed by atoms with Crippen LogP contribution in [-0.2, 0) is 5.41 Å². The van der Waals surface area contributed by atoms with Crippen LogP contribution in [-0.4, -0.2) is 4.57 Å². The summed E-state index contributed by atoms with van der Waals surface area (Å²) in [6, 6.07) is 87.2. The zero-order valence-electron chi connectivity index (χ0n) is 38.0. The van der Waals surface area contributed by atoms with Crippen molar-refractivity contribution in [1.82, 2.24) is 4.57 Å². The van der Waals surface area contributed by atoms with Crippen LogP contribution in [0.3, 0.4) is 0 Å². The fourth-order valence-electron chi connectivity index (χ4n) is 10.6. The number of benzene rings is 10. The lowest BCUT2D eigenvalue weighted by atomic mass is 9.80. The Morgan fingerprint density at radius 2 is 0.742 bits per heavy atom. The molecule has 0 N–H and O–H groups in total. The van der Waals surface area contributed by atoms with Gasteiger partial charge in [0.1, 0.15) is 0 Å². The summed E-state index contributed by atoms with van der Waals surface area (Å²) in [5, 5.41) is 2.45. The first kappa shape index (κ1) is 40.8. The molecule has 0 unspecified atom stereocenters. The van der Waals surface area contributed by atoms with Crippen molar-refractivity contribution in [3.05, 3.63) is 248 Å². The summed E-state index contributed by atoms with van der Waals surface area (Å²) < 4.78 is 2.54. The maximum Gasteiger partial charge on any atom is 0.0632 e. The predicted octanol–water partition coefficient (Wildman–Crippen LogP) is 18.1. The van der Waals surface area contributed by atoms with Crippen molar-refractivity contribution in [3.63, 3.8) is 0 Å². The maximum absolute atomic E-state index is 2.54. The summed E-state index contributed by atoms with van der Waals surface area (Å²) in [7, 11) is 0. The van der Waals surface area contributed by atoms with Crippen LogP contribution in [0.2, 0.25) is 0 Å². The number of hydrogen-bond donors (Lipinski definition) is 0. The summed E-state index contributed by atoms with van der Waals surface area (Å²) in [4.78, 5) is 0. The number of rotatable bonds is 7. The Labute approximate surface area is 388 Å². The van der Waals surface area contributed by atoms with Crippen molar-refractivity contribution in [2.75, 3.05) is 0 Å². The lowest BCUT2D eigenvalue weighted by Crippen LogP contribution is -2.14. The molecular weight excluding hydrogens is 795 g/mol. The molecule has 316 valence electrons. The maximum atomic E-state index is 2.54. The van der Waals surface area contributed by atoms with Crippen LogP contribution < -0.4 is 0 Å². The smallest absolute Gasteiger partial charge is 0.0632 e. The zero-order valence-corrected chi connectivity index (χ0v) is 38.0. The first-order chi connectivity index (χ1) is 32.5. The Morgan fingerprint density at radius 3 is 1.33 bits per heavy atom. The predicted molar refractivity (Wildman–Crippen MR) is 282 cm³/mol. The largest absolute Gasteiger partial charge is 0.309 e. The van der Waals surface area contributed by atoms with Crippen LogP contribution in [0.4, 0.5) is 0 Å². The Kier molecular flexibility index (Phi) is 10.4. The molecule has 1 aliphatic rings. The Balaban J connectivity index is 0.00000238. The van der Waals surface area contributed by atoms with E-state index >= 15 is 0 Å². The third-order valence-electron chi connectivity index (χ3n) is 13.6. The van der Waals surface area contributed by atoms with Gasteiger partial charge in [0.05, 0.1) is 11.0 Å². The Bertz CT molecular complexity index is 3530. The standard InChI is InChI=1S/C63H45N.C2H6/c1-63(2)54-34-19-18-33-51(54)53-40-48(36-38-55(53)63)46-29-20-30-47(39-46)49-35-37-52-56(41-49)64(50-31-16-7-17-32-50)62-60(45-27-14-6-15-28-45)58(43-23-10-4-11-24-43)57(42-21-8-3-9-22-42)59(61(52)62)44-25-12-5-13-26-44;1-2/h3-41H,1-2H3;1-2H3. The molecule has 0 radical (unpaired) electrons. The number of aromatic nitrogens is 1. The molecule has 0 saturated carbocycles. The molecule has 10 aromatic carbocycles. The second-order valence-electron chi connectivity index (χ2n) is 17.6. The Hall–Kier alpha value is -8.00. The van der Waals surface area contributed by atoms with Gasteiger partial charge in [0.25, 0.3) is 0 Å². The van der Waals surface area contributed by atoms with E-state index in [9.17, 15) is 0 Å². The molecule has 0 bridgehead atoms. The highest BCUT2D eigenvalue weighted by atomic mass is 15.0. The van der Waals surface area contributed by atoms with Gasteiger partial charge in [-0.15, -0.1) is 0 Å². The highest BCUT2D eigenvalue weighted by molar-refractivity contribution is 6.26. The van der Waals surface area contributed by atoms with Crippen molar-refractivity contribution >= 4 is 21.8 Å². The van der Waals surface area contributed by atoms with Crippen LogP contribution in [0.25, 0.3) is 105 Å². The summed E-state index contributed by atoms with van der Waals surface area (Å²) >= 11 is 0. The first-order valence-corrected chi connectivity index (χ1v) is 23.3. The molecule has 0 spiro atoms. The average Bonchev–Trinajstić information content (AvgIpc) is 3.85. The van der Waals surface area contributed by atoms with Crippen molar-refractivity contribution in [2.45, 2.75) is 33.1 Å². The average molecular weight is 846 g/mol. The summed E-state index contributed by atoms with van der Waals surface area (Å²) in [6.07, 6.45) is 0. The molecular formula is C65H51N. The molecule has 1 aliphatic carbocycles. The van der Waals surface area contributed by atoms with Gasteiger partial charge < -0.3 is 4.57 Å². The molecule has 0 saturated heterocycles. The minimum absolute atomic E-state index is 0.0244. The van der Waals surface area contributed by atoms with E-state index in [1.807, 2.05) is 13.8 Å². The van der Waals surface area contributed by atoms with Gasteiger partial charge in [-0.25, -0.2) is 0 Å². The minimum atomic E-state index is -0.0244. The molecule has 0 aliphatic heterocycles. The van der Waals surface area contributed by atoms with E-state index in [0.717, 1.165) is 5.69 Å². The fourth-order valence-corrected chi connectivity index (χ4v) is 10.6. The molecule has 1 heterocycles. The number of nitrogens with zero attached hydrogens (tertiary/aromatic N) is 1. The molecule has 1 nitrogen and oxygen atoms in total. The molecule has 0 atom stereocenters. The zero-order chi connectivity index (χ0) is 44.8. The highest BCUT2D eigenvalue weighted by Crippen LogP contribution is 2.54. The number of fused-ring (bicyclic) bond motifs is 6. The van der Waals surface area contributed by atoms with Crippen molar-refractivity contribution in [3.8, 4) is 83.6 Å². The highest BCUT2D eigenvalue weighted by Gasteiger charge is 2.35. The summed E-state index contributed by atoms with van der Waals surface area (Å²) in [6.45, 7) is 8.69. The second-order valence-corrected chi connectivity index (χ2v) is 17.6. The SMILES string of the molecule is CC.CC1(C)c2ccccc2-c2cc(-c3cccc(-c4ccc5c6c(-c7ccccc7)c(-c7ccccc7)c(-c7ccccc7)c(-c7ccccc7)c6n(-c6ccccc6)c5c4)c3)ccc21. The number of hydrogen-bond acceptors (Lipinski definition) is 0. The van der Waals surface area contributed by atoms with Crippen molar-refractivity contribution in [2.24, 2.45) is 0 Å². The molecule has 1 heteroatoms. The molecule has 66 heavy (non-hydrogen) atoms. The van der Waals surface area contributed by atoms with E-state index in [-0.39, 0.29) is 5.41 Å². The summed E-state index contributed by atoms with van der Waals surface area (Å²) in [5.41, 5.74) is 23.4. The van der Waals surface area contributed by atoms with Gasteiger partial charge in [0.15, 0.2) is 0 Å². The van der Waals surface area contributed by atoms with Crippen molar-refractivity contribution in [1.29, 1.82) is 0 Å². The fraction of sp³-hybridized carbons (Fsp3) is 0.0769. The molecule has 12 rings (SSSR count). The second kappa shape index (κ2) is 16.8. The van der Waals surface area contributed by atoms with E-state index in [1.54, 1.807) is 0 Å². The first-order valence-electron chi connectivity index (χ1n) is 23.3. The van der Waals surface area contributed by atoms with Crippen LogP contribution >= 0.6 is 0 Å². The van der Waals surface area contributed by atoms with Crippen LogP contribution in [0, 0.1) is 0 Å². The molecule has 0 fully saturated rings. The lowest BCUT2D eigenvalue weighted by molar-refractivity contribution is 0.660. The van der Waals surface area contributed by atoms with Crippen LogP contribution in [0.1, 0.15) is 38.8 Å². The monoisotopic (exact) mass is 845 g/mol. The van der Waals surface area contributed by atoms with E-state index in [2.05, 4.69) is 255 Å². The lowest BCUT2D eigenvalue weighted by Gasteiger charge is -2.24. The molecule has 1 aromatic heterocycles. The van der Waals surface area contributed by atoms with Crippen LogP contribution in [0.5, 0.6) is 0 Å². The quantitative estimate of drug-likeness (QED) is 0.151. The van der Waals surface area contributed by atoms with E-state index in [1.165, 1.54) is 111 Å². The molecule has 0 amide bonds. The van der Waals surface area contributed by atoms with Gasteiger partial charge >= 0.3 is 0 Å². The van der Waals surface area contributed by atoms with Gasteiger partial charge in [-0.2, -0.15) is 0 Å². The number of para-hydroxylation sites is 1. The normalized spacial score (nSPS) is 12.4. The third-order valence-corrected chi connectivity index (χ3v) is 13.6. The Morgan fingerprint density at radius 1 is 0.318 bits per heavy atom. The van der Waals surface area contributed by atoms with E-state index < -0.39 is 0 Å². The van der Waals surface area contributed by atoms with Gasteiger partial charge in [-0.05, 0) is 103 Å². The molecule has 11 aromatic rings. The van der Waals surface area contributed by atoms with Crippen molar-refractivity contribution < 1.29 is 0 Å². The van der Waals surface area contributed by atoms with Gasteiger partial charge in [0, 0.05) is 38.6 Å². The minimum Gasteiger partial charge on any atom is -0.309 e. The van der Waals surface area contributed by atoms with Crippen LogP contribution in [0.15, 0.2) is 237 Å². The topological polar surface area (TPSA) is 4.93 Å². The van der Waals surface area contributed by atoms with Gasteiger partial charge in [-0.3, -0.25) is 0 Å². The third kappa shape index (κ3) is 6.70. The summed E-state index contributed by atoms with van der Waals surface area (Å²) in [5.74, 6) is 0. The van der Waals surface area contributed by atoms with E-state index in [4.69, 9.17) is 0 Å². The van der Waals surface area contributed by atoms with Gasteiger partial charge in [-0.1, -0.05) is 234 Å².